The molecule has 4 aromatic rings. The minimum Gasteiger partial charge on any atom is -0.486 e. The van der Waals surface area contributed by atoms with E-state index in [4.69, 9.17) is 28.6 Å². The van der Waals surface area contributed by atoms with Gasteiger partial charge < -0.3 is 4.74 Å². The molecule has 3 aromatic carbocycles. The van der Waals surface area contributed by atoms with Crippen LogP contribution in [0.5, 0.6) is 5.75 Å². The van der Waals surface area contributed by atoms with Crippen LogP contribution in [-0.4, -0.2) is 21.1 Å². The summed E-state index contributed by atoms with van der Waals surface area (Å²) in [7, 11) is 0. The van der Waals surface area contributed by atoms with Crippen LogP contribution in [0.1, 0.15) is 11.4 Å². The smallest absolute Gasteiger partial charge is 0.216 e. The average molecular weight is 395 g/mol. The Hall–Kier alpha value is -2.96. The summed E-state index contributed by atoms with van der Waals surface area (Å²) >= 11 is 11.2. The second-order valence-corrected chi connectivity index (χ2v) is 6.67. The molecular formula is C20H15ClN4OS. The van der Waals surface area contributed by atoms with Crippen molar-refractivity contribution < 1.29 is 4.74 Å². The van der Waals surface area contributed by atoms with Crippen LogP contribution < -0.4 is 4.74 Å². The molecule has 4 rings (SSSR count). The van der Waals surface area contributed by atoms with Gasteiger partial charge in [0, 0.05) is 5.02 Å². The van der Waals surface area contributed by atoms with Gasteiger partial charge in [0.05, 0.1) is 6.21 Å². The van der Waals surface area contributed by atoms with Crippen LogP contribution in [0.3, 0.4) is 0 Å². The van der Waals surface area contributed by atoms with Gasteiger partial charge in [-0.05, 0) is 58.9 Å². The van der Waals surface area contributed by atoms with Crippen molar-refractivity contribution in [1.82, 2.24) is 14.9 Å². The lowest BCUT2D eigenvalue weighted by molar-refractivity contribution is 0.290. The maximum absolute atomic E-state index is 5.88. The number of aromatic amines is 1. The monoisotopic (exact) mass is 394 g/mol. The maximum atomic E-state index is 5.88. The minimum atomic E-state index is 0.226. The molecule has 0 spiro atoms. The standard InChI is InChI=1S/C20H15ClN4OS/c21-17-7-9-18(10-8-17)26-13-19-23-24-20(27)25(19)22-12-14-5-6-15-3-1-2-4-16(15)11-14/h1-12H,13H2,(H,24,27)/b22-12-. The molecule has 1 heterocycles. The molecule has 27 heavy (non-hydrogen) atoms. The third-order valence-electron chi connectivity index (χ3n) is 3.99. The fraction of sp³-hybridized carbons (Fsp3) is 0.0500. The Labute approximate surface area is 165 Å². The van der Waals surface area contributed by atoms with Crippen molar-refractivity contribution in [3.8, 4) is 5.75 Å². The van der Waals surface area contributed by atoms with E-state index < -0.39 is 0 Å². The average Bonchev–Trinajstić information content (AvgIpc) is 3.05. The minimum absolute atomic E-state index is 0.226. The molecule has 0 aliphatic rings. The Morgan fingerprint density at radius 2 is 1.85 bits per heavy atom. The number of nitrogens with zero attached hydrogens (tertiary/aromatic N) is 3. The summed E-state index contributed by atoms with van der Waals surface area (Å²) in [5, 5.41) is 14.4. The molecular weight excluding hydrogens is 380 g/mol. The first kappa shape index (κ1) is 17.5. The van der Waals surface area contributed by atoms with E-state index in [0.717, 1.165) is 10.9 Å². The molecule has 0 amide bonds. The zero-order valence-electron chi connectivity index (χ0n) is 14.2. The molecule has 1 N–H and O–H groups in total. The van der Waals surface area contributed by atoms with Crippen LogP contribution in [0.15, 0.2) is 71.8 Å². The molecule has 1 aromatic heterocycles. The van der Waals surface area contributed by atoms with Gasteiger partial charge in [0.15, 0.2) is 5.82 Å². The molecule has 0 saturated carbocycles. The molecule has 0 radical (unpaired) electrons. The van der Waals surface area contributed by atoms with Gasteiger partial charge in [-0.3, -0.25) is 0 Å². The molecule has 0 bridgehead atoms. The van der Waals surface area contributed by atoms with E-state index in [1.807, 2.05) is 18.2 Å². The van der Waals surface area contributed by atoms with E-state index >= 15 is 0 Å². The second-order valence-electron chi connectivity index (χ2n) is 5.85. The number of nitrogens with one attached hydrogen (secondary N) is 1. The zero-order chi connectivity index (χ0) is 18.6. The highest BCUT2D eigenvalue weighted by Gasteiger charge is 2.06. The highest BCUT2D eigenvalue weighted by atomic mass is 35.5. The summed E-state index contributed by atoms with van der Waals surface area (Å²) in [6.45, 7) is 0.226. The van der Waals surface area contributed by atoms with E-state index in [1.165, 1.54) is 5.39 Å². The molecule has 0 fully saturated rings. The molecule has 0 atom stereocenters. The Balaban J connectivity index is 1.54. The SMILES string of the molecule is S=c1[nH]nc(COc2ccc(Cl)cc2)n1/N=C\c1ccc2ccccc2c1. The van der Waals surface area contributed by atoms with Crippen molar-refractivity contribution in [1.29, 1.82) is 0 Å². The number of hydrogen-bond acceptors (Lipinski definition) is 4. The molecule has 7 heteroatoms. The second kappa shape index (κ2) is 7.73. The lowest BCUT2D eigenvalue weighted by Crippen LogP contribution is -2.04. The van der Waals surface area contributed by atoms with Crippen LogP contribution in [-0.2, 0) is 6.61 Å². The van der Waals surface area contributed by atoms with Crippen molar-refractivity contribution in [2.75, 3.05) is 0 Å². The summed E-state index contributed by atoms with van der Waals surface area (Å²) in [6.07, 6.45) is 1.75. The number of aromatic nitrogens is 3. The third kappa shape index (κ3) is 4.07. The van der Waals surface area contributed by atoms with Gasteiger partial charge >= 0.3 is 0 Å². The quantitative estimate of drug-likeness (QED) is 0.373. The number of halogens is 1. The maximum Gasteiger partial charge on any atom is 0.216 e. The van der Waals surface area contributed by atoms with Crippen LogP contribution in [0, 0.1) is 4.77 Å². The Kier molecular flexibility index (Phi) is 5.00. The van der Waals surface area contributed by atoms with E-state index in [9.17, 15) is 0 Å². The molecule has 0 saturated heterocycles. The number of H-pyrrole nitrogens is 1. The third-order valence-corrected chi connectivity index (χ3v) is 4.51. The highest BCUT2D eigenvalue weighted by molar-refractivity contribution is 7.71. The van der Waals surface area contributed by atoms with E-state index in [2.05, 4.69) is 39.6 Å². The summed E-state index contributed by atoms with van der Waals surface area (Å²) in [6, 6.07) is 21.5. The topological polar surface area (TPSA) is 55.2 Å². The first-order valence-corrected chi connectivity index (χ1v) is 9.05. The normalized spacial score (nSPS) is 11.3. The van der Waals surface area contributed by atoms with Gasteiger partial charge in [0.2, 0.25) is 4.77 Å². The van der Waals surface area contributed by atoms with Gasteiger partial charge in [-0.15, -0.1) is 0 Å². The lowest BCUT2D eigenvalue weighted by Gasteiger charge is -2.05. The summed E-state index contributed by atoms with van der Waals surface area (Å²) < 4.78 is 7.69. The Morgan fingerprint density at radius 3 is 2.67 bits per heavy atom. The number of ether oxygens (including phenoxy) is 1. The summed E-state index contributed by atoms with van der Waals surface area (Å²) in [5.74, 6) is 1.27. The van der Waals surface area contributed by atoms with Crippen molar-refractivity contribution in [2.45, 2.75) is 6.61 Å². The van der Waals surface area contributed by atoms with E-state index in [0.29, 0.717) is 21.4 Å². The van der Waals surface area contributed by atoms with Crippen LogP contribution in [0.2, 0.25) is 5.02 Å². The van der Waals surface area contributed by atoms with E-state index in [-0.39, 0.29) is 6.61 Å². The number of hydrogen-bond donors (Lipinski definition) is 1. The van der Waals surface area contributed by atoms with Crippen molar-refractivity contribution in [3.05, 3.63) is 87.9 Å². The van der Waals surface area contributed by atoms with Crippen LogP contribution >= 0.6 is 23.8 Å². The lowest BCUT2D eigenvalue weighted by atomic mass is 10.1. The highest BCUT2D eigenvalue weighted by Crippen LogP contribution is 2.17. The number of fused-ring (bicyclic) bond motifs is 1. The van der Waals surface area contributed by atoms with Gasteiger partial charge in [0.25, 0.3) is 0 Å². The molecule has 5 nitrogen and oxygen atoms in total. The number of benzene rings is 3. The van der Waals surface area contributed by atoms with Gasteiger partial charge in [-0.2, -0.15) is 14.9 Å². The van der Waals surface area contributed by atoms with Crippen LogP contribution in [0.25, 0.3) is 10.8 Å². The summed E-state index contributed by atoms with van der Waals surface area (Å²) in [5.41, 5.74) is 0.973. The van der Waals surface area contributed by atoms with Gasteiger partial charge in [-0.1, -0.05) is 48.0 Å². The fourth-order valence-corrected chi connectivity index (χ4v) is 2.95. The first-order chi connectivity index (χ1) is 13.2. The number of rotatable bonds is 5. The zero-order valence-corrected chi connectivity index (χ0v) is 15.7. The van der Waals surface area contributed by atoms with Crippen molar-refractivity contribution >= 4 is 40.8 Å². The molecule has 0 unspecified atom stereocenters. The molecule has 0 aliphatic carbocycles. The fourth-order valence-electron chi connectivity index (χ4n) is 2.63. The van der Waals surface area contributed by atoms with Crippen molar-refractivity contribution in [3.63, 3.8) is 0 Å². The Morgan fingerprint density at radius 1 is 1.07 bits per heavy atom. The van der Waals surface area contributed by atoms with Gasteiger partial charge in [-0.25, -0.2) is 5.10 Å². The summed E-state index contributed by atoms with van der Waals surface area (Å²) in [4.78, 5) is 0. The molecule has 134 valence electrons. The van der Waals surface area contributed by atoms with Crippen molar-refractivity contribution in [2.24, 2.45) is 5.10 Å². The first-order valence-electron chi connectivity index (χ1n) is 8.27. The Bertz CT molecular complexity index is 1160. The van der Waals surface area contributed by atoms with Gasteiger partial charge in [0.1, 0.15) is 12.4 Å². The molecule has 0 aliphatic heterocycles. The predicted octanol–water partition coefficient (Wildman–Crippen LogP) is 5.21. The predicted molar refractivity (Wildman–Crippen MR) is 110 cm³/mol. The largest absolute Gasteiger partial charge is 0.486 e. The van der Waals surface area contributed by atoms with E-state index in [1.54, 1.807) is 35.2 Å². The van der Waals surface area contributed by atoms with Crippen LogP contribution in [0.4, 0.5) is 0 Å².